The summed E-state index contributed by atoms with van der Waals surface area (Å²) in [6.07, 6.45) is 1.51. The average Bonchev–Trinajstić information content (AvgIpc) is 2.45. The van der Waals surface area contributed by atoms with Crippen LogP contribution in [0.5, 0.6) is 5.75 Å². The highest BCUT2D eigenvalue weighted by Crippen LogP contribution is 2.26. The molecule has 0 radical (unpaired) electrons. The smallest absolute Gasteiger partial charge is 0.341 e. The maximum atomic E-state index is 11.9. The molecular formula is C14H11BrClNO3. The zero-order valence-corrected chi connectivity index (χ0v) is 12.9. The average molecular weight is 357 g/mol. The second kappa shape index (κ2) is 6.72. The first-order chi connectivity index (χ1) is 9.61. The molecule has 0 saturated heterocycles. The molecule has 0 saturated carbocycles. The molecular weight excluding hydrogens is 346 g/mol. The Hall–Kier alpha value is -1.59. The molecule has 1 aromatic heterocycles. The number of pyridine rings is 1. The van der Waals surface area contributed by atoms with E-state index in [1.807, 2.05) is 12.1 Å². The number of benzene rings is 1. The second-order valence-electron chi connectivity index (χ2n) is 3.89. The maximum absolute atomic E-state index is 11.9. The third kappa shape index (κ3) is 3.49. The molecule has 4 nitrogen and oxygen atoms in total. The number of hydrogen-bond donors (Lipinski definition) is 0. The molecule has 0 aliphatic carbocycles. The fourth-order valence-corrected chi connectivity index (χ4v) is 2.35. The first-order valence-electron chi connectivity index (χ1n) is 5.72. The van der Waals surface area contributed by atoms with Crippen LogP contribution in [0, 0.1) is 0 Å². The Morgan fingerprint density at radius 2 is 2.20 bits per heavy atom. The zero-order chi connectivity index (χ0) is 14.5. The summed E-state index contributed by atoms with van der Waals surface area (Å²) in [5.74, 6) is 0.213. The maximum Gasteiger partial charge on any atom is 0.341 e. The second-order valence-corrected chi connectivity index (χ2v) is 5.10. The SMILES string of the molecule is COc1ccc(COC(=O)c2cccnc2Cl)cc1Br. The van der Waals surface area contributed by atoms with Crippen molar-refractivity contribution in [2.45, 2.75) is 6.61 Å². The van der Waals surface area contributed by atoms with Gasteiger partial charge in [-0.15, -0.1) is 0 Å². The lowest BCUT2D eigenvalue weighted by atomic mass is 10.2. The summed E-state index contributed by atoms with van der Waals surface area (Å²) >= 11 is 9.20. The van der Waals surface area contributed by atoms with Crippen molar-refractivity contribution < 1.29 is 14.3 Å². The number of aromatic nitrogens is 1. The minimum Gasteiger partial charge on any atom is -0.496 e. The molecule has 0 spiro atoms. The van der Waals surface area contributed by atoms with Crippen LogP contribution in [0.3, 0.4) is 0 Å². The molecule has 0 aliphatic rings. The fourth-order valence-electron chi connectivity index (χ4n) is 1.56. The largest absolute Gasteiger partial charge is 0.496 e. The van der Waals surface area contributed by atoms with E-state index in [9.17, 15) is 4.79 Å². The van der Waals surface area contributed by atoms with Crippen molar-refractivity contribution in [2.75, 3.05) is 7.11 Å². The normalized spacial score (nSPS) is 10.2. The molecule has 2 rings (SSSR count). The van der Waals surface area contributed by atoms with Gasteiger partial charge in [0.15, 0.2) is 0 Å². The van der Waals surface area contributed by atoms with Gasteiger partial charge in [0, 0.05) is 6.20 Å². The molecule has 104 valence electrons. The lowest BCUT2D eigenvalue weighted by Crippen LogP contribution is -2.06. The van der Waals surface area contributed by atoms with Crippen LogP contribution in [-0.4, -0.2) is 18.1 Å². The Morgan fingerprint density at radius 3 is 2.85 bits per heavy atom. The lowest BCUT2D eigenvalue weighted by molar-refractivity contribution is 0.0472. The number of esters is 1. The summed E-state index contributed by atoms with van der Waals surface area (Å²) in [6.45, 7) is 0.145. The van der Waals surface area contributed by atoms with Crippen molar-refractivity contribution in [3.05, 3.63) is 57.3 Å². The first-order valence-corrected chi connectivity index (χ1v) is 6.89. The van der Waals surface area contributed by atoms with E-state index in [0.29, 0.717) is 0 Å². The van der Waals surface area contributed by atoms with Gasteiger partial charge in [-0.3, -0.25) is 0 Å². The van der Waals surface area contributed by atoms with Crippen LogP contribution in [0.4, 0.5) is 0 Å². The van der Waals surface area contributed by atoms with Gasteiger partial charge in [-0.1, -0.05) is 17.7 Å². The van der Waals surface area contributed by atoms with E-state index in [0.717, 1.165) is 15.8 Å². The molecule has 0 atom stereocenters. The van der Waals surface area contributed by atoms with Crippen LogP contribution in [0.25, 0.3) is 0 Å². The Kier molecular flexibility index (Phi) is 4.98. The number of methoxy groups -OCH3 is 1. The van der Waals surface area contributed by atoms with E-state index in [2.05, 4.69) is 20.9 Å². The summed E-state index contributed by atoms with van der Waals surface area (Å²) < 4.78 is 11.1. The quantitative estimate of drug-likeness (QED) is 0.616. The van der Waals surface area contributed by atoms with Gasteiger partial charge in [0.1, 0.15) is 17.5 Å². The Bertz CT molecular complexity index is 634. The van der Waals surface area contributed by atoms with Crippen LogP contribution in [0.1, 0.15) is 15.9 Å². The Balaban J connectivity index is 2.04. The van der Waals surface area contributed by atoms with Crippen molar-refractivity contribution in [2.24, 2.45) is 0 Å². The number of halogens is 2. The van der Waals surface area contributed by atoms with Crippen molar-refractivity contribution in [1.29, 1.82) is 0 Å². The van der Waals surface area contributed by atoms with Crippen molar-refractivity contribution in [1.82, 2.24) is 4.98 Å². The van der Waals surface area contributed by atoms with E-state index in [1.54, 1.807) is 25.3 Å². The summed E-state index contributed by atoms with van der Waals surface area (Å²) in [4.78, 5) is 15.7. The fraction of sp³-hybridized carbons (Fsp3) is 0.143. The van der Waals surface area contributed by atoms with E-state index >= 15 is 0 Å². The van der Waals surface area contributed by atoms with E-state index in [-0.39, 0.29) is 17.3 Å². The molecule has 6 heteroatoms. The third-order valence-electron chi connectivity index (χ3n) is 2.57. The predicted molar refractivity (Wildman–Crippen MR) is 79.1 cm³/mol. The van der Waals surface area contributed by atoms with Gasteiger partial charge in [0.25, 0.3) is 0 Å². The van der Waals surface area contributed by atoms with Gasteiger partial charge in [0.2, 0.25) is 0 Å². The van der Waals surface area contributed by atoms with Gasteiger partial charge in [-0.05, 0) is 45.8 Å². The van der Waals surface area contributed by atoms with E-state index < -0.39 is 5.97 Å². The molecule has 1 aromatic carbocycles. The van der Waals surface area contributed by atoms with Gasteiger partial charge >= 0.3 is 5.97 Å². The third-order valence-corrected chi connectivity index (χ3v) is 3.49. The molecule has 2 aromatic rings. The van der Waals surface area contributed by atoms with Crippen LogP contribution >= 0.6 is 27.5 Å². The highest BCUT2D eigenvalue weighted by molar-refractivity contribution is 9.10. The number of hydrogen-bond acceptors (Lipinski definition) is 4. The Morgan fingerprint density at radius 1 is 1.40 bits per heavy atom. The number of carbonyl (C=O) groups is 1. The monoisotopic (exact) mass is 355 g/mol. The lowest BCUT2D eigenvalue weighted by Gasteiger charge is -2.08. The highest BCUT2D eigenvalue weighted by Gasteiger charge is 2.12. The minimum atomic E-state index is -0.505. The Labute approximate surface area is 129 Å². The molecule has 1 heterocycles. The number of nitrogens with zero attached hydrogens (tertiary/aromatic N) is 1. The van der Waals surface area contributed by atoms with Crippen molar-refractivity contribution >= 4 is 33.5 Å². The number of ether oxygens (including phenoxy) is 2. The minimum absolute atomic E-state index is 0.133. The van der Waals surface area contributed by atoms with Crippen LogP contribution in [-0.2, 0) is 11.3 Å². The summed E-state index contributed by atoms with van der Waals surface area (Å²) in [5, 5.41) is 0.133. The molecule has 0 bridgehead atoms. The molecule has 0 N–H and O–H groups in total. The molecule has 0 amide bonds. The zero-order valence-electron chi connectivity index (χ0n) is 10.6. The van der Waals surface area contributed by atoms with Gasteiger partial charge < -0.3 is 9.47 Å². The van der Waals surface area contributed by atoms with Crippen LogP contribution in [0.15, 0.2) is 41.0 Å². The van der Waals surface area contributed by atoms with Crippen LogP contribution in [0.2, 0.25) is 5.15 Å². The molecule has 20 heavy (non-hydrogen) atoms. The molecule has 0 aliphatic heterocycles. The van der Waals surface area contributed by atoms with Gasteiger partial charge in [-0.25, -0.2) is 9.78 Å². The highest BCUT2D eigenvalue weighted by atomic mass is 79.9. The predicted octanol–water partition coefficient (Wildman–Crippen LogP) is 3.86. The standard InChI is InChI=1S/C14H11BrClNO3/c1-19-12-5-4-9(7-11(12)15)8-20-14(18)10-3-2-6-17-13(10)16/h2-7H,8H2,1H3. The van der Waals surface area contributed by atoms with E-state index in [4.69, 9.17) is 21.1 Å². The van der Waals surface area contributed by atoms with E-state index in [1.165, 1.54) is 6.20 Å². The molecule has 0 fully saturated rings. The van der Waals surface area contributed by atoms with Crippen molar-refractivity contribution in [3.8, 4) is 5.75 Å². The van der Waals surface area contributed by atoms with Gasteiger partial charge in [0.05, 0.1) is 17.1 Å². The topological polar surface area (TPSA) is 48.4 Å². The van der Waals surface area contributed by atoms with Crippen LogP contribution < -0.4 is 4.74 Å². The summed E-state index contributed by atoms with van der Waals surface area (Å²) in [7, 11) is 1.59. The number of carbonyl (C=O) groups excluding carboxylic acids is 1. The van der Waals surface area contributed by atoms with Gasteiger partial charge in [-0.2, -0.15) is 0 Å². The summed E-state index contributed by atoms with van der Waals surface area (Å²) in [5.41, 5.74) is 1.09. The first kappa shape index (κ1) is 14.8. The number of rotatable bonds is 4. The molecule has 0 unspecified atom stereocenters. The van der Waals surface area contributed by atoms with Crippen molar-refractivity contribution in [3.63, 3.8) is 0 Å². The summed E-state index contributed by atoms with van der Waals surface area (Å²) in [6, 6.07) is 8.65.